The van der Waals surface area contributed by atoms with Gasteiger partial charge in [0.05, 0.1) is 5.60 Å². The van der Waals surface area contributed by atoms with E-state index in [9.17, 15) is 0 Å². The van der Waals surface area contributed by atoms with Crippen molar-refractivity contribution in [3.05, 3.63) is 0 Å². The van der Waals surface area contributed by atoms with Crippen LogP contribution < -0.4 is 5.73 Å². The van der Waals surface area contributed by atoms with E-state index in [-0.39, 0.29) is 11.6 Å². The van der Waals surface area contributed by atoms with Crippen LogP contribution in [0.15, 0.2) is 0 Å². The minimum atomic E-state index is -0.0457. The van der Waals surface area contributed by atoms with E-state index in [2.05, 4.69) is 20.8 Å². The van der Waals surface area contributed by atoms with E-state index < -0.39 is 0 Å². The van der Waals surface area contributed by atoms with Gasteiger partial charge in [-0.15, -0.1) is 0 Å². The van der Waals surface area contributed by atoms with Gasteiger partial charge in [-0.1, -0.05) is 13.8 Å². The number of ether oxygens (including phenoxy) is 1. The Morgan fingerprint density at radius 1 is 1.31 bits per heavy atom. The van der Waals surface area contributed by atoms with Crippen molar-refractivity contribution in [2.45, 2.75) is 58.1 Å². The zero-order valence-electron chi connectivity index (χ0n) is 9.18. The predicted molar refractivity (Wildman–Crippen MR) is 55.6 cm³/mol. The second-order valence-electron chi connectivity index (χ2n) is 4.07. The molecule has 1 unspecified atom stereocenters. The maximum absolute atomic E-state index is 6.24. The number of rotatable bonds is 6. The van der Waals surface area contributed by atoms with Crippen molar-refractivity contribution in [3.63, 3.8) is 0 Å². The third kappa shape index (κ3) is 2.23. The Labute approximate surface area is 81.8 Å². The van der Waals surface area contributed by atoms with Crippen molar-refractivity contribution in [2.75, 3.05) is 6.61 Å². The first-order chi connectivity index (χ1) is 6.20. The molecule has 0 aromatic carbocycles. The highest BCUT2D eigenvalue weighted by molar-refractivity contribution is 4.98. The molecule has 0 radical (unpaired) electrons. The second kappa shape index (κ2) is 4.43. The molecule has 78 valence electrons. The molecule has 0 aliphatic heterocycles. The molecule has 0 bridgehead atoms. The molecule has 2 heteroatoms. The molecule has 0 aromatic heterocycles. The smallest absolute Gasteiger partial charge is 0.0829 e. The standard InChI is InChI=1S/C11H23NO/c1-4-11(5-2,13-6-3)10(12)9-7-8-9/h9-10H,4-8,12H2,1-3H3. The van der Waals surface area contributed by atoms with Crippen molar-refractivity contribution in [1.82, 2.24) is 0 Å². The summed E-state index contributed by atoms with van der Waals surface area (Å²) in [5.41, 5.74) is 6.19. The largest absolute Gasteiger partial charge is 0.374 e. The molecule has 1 saturated carbocycles. The fourth-order valence-electron chi connectivity index (χ4n) is 2.19. The Morgan fingerprint density at radius 3 is 2.15 bits per heavy atom. The summed E-state index contributed by atoms with van der Waals surface area (Å²) in [6.07, 6.45) is 4.68. The third-order valence-electron chi connectivity index (χ3n) is 3.37. The van der Waals surface area contributed by atoms with E-state index in [4.69, 9.17) is 10.5 Å². The Morgan fingerprint density at radius 2 is 1.85 bits per heavy atom. The summed E-state index contributed by atoms with van der Waals surface area (Å²) >= 11 is 0. The van der Waals surface area contributed by atoms with Gasteiger partial charge in [0.25, 0.3) is 0 Å². The fraction of sp³-hybridized carbons (Fsp3) is 1.00. The highest BCUT2D eigenvalue weighted by Crippen LogP contribution is 2.39. The fourth-order valence-corrected chi connectivity index (χ4v) is 2.19. The molecular weight excluding hydrogens is 162 g/mol. The summed E-state index contributed by atoms with van der Waals surface area (Å²) in [4.78, 5) is 0. The van der Waals surface area contributed by atoms with Crippen LogP contribution in [0.4, 0.5) is 0 Å². The summed E-state index contributed by atoms with van der Waals surface area (Å²) in [7, 11) is 0. The minimum absolute atomic E-state index is 0.0457. The lowest BCUT2D eigenvalue weighted by molar-refractivity contribution is -0.0680. The molecule has 0 amide bonds. The van der Waals surface area contributed by atoms with Crippen molar-refractivity contribution in [1.29, 1.82) is 0 Å². The van der Waals surface area contributed by atoms with Crippen LogP contribution in [0.1, 0.15) is 46.5 Å². The molecule has 1 fully saturated rings. The number of hydrogen-bond acceptors (Lipinski definition) is 2. The predicted octanol–water partition coefficient (Wildman–Crippen LogP) is 2.32. The topological polar surface area (TPSA) is 35.2 Å². The maximum atomic E-state index is 6.24. The van der Waals surface area contributed by atoms with Crippen LogP contribution in [0.3, 0.4) is 0 Å². The van der Waals surface area contributed by atoms with E-state index in [0.717, 1.165) is 25.4 Å². The summed E-state index contributed by atoms with van der Waals surface area (Å²) in [5, 5.41) is 0. The van der Waals surface area contributed by atoms with E-state index in [1.807, 2.05) is 0 Å². The van der Waals surface area contributed by atoms with E-state index in [1.165, 1.54) is 12.8 Å². The summed E-state index contributed by atoms with van der Waals surface area (Å²) in [6.45, 7) is 7.20. The molecule has 2 N–H and O–H groups in total. The normalized spacial score (nSPS) is 20.3. The Bertz CT molecular complexity index is 150. The zero-order valence-corrected chi connectivity index (χ0v) is 9.18. The lowest BCUT2D eigenvalue weighted by Crippen LogP contribution is -2.50. The van der Waals surface area contributed by atoms with Gasteiger partial charge in [-0.3, -0.25) is 0 Å². The van der Waals surface area contributed by atoms with Crippen LogP contribution in [0.2, 0.25) is 0 Å². The maximum Gasteiger partial charge on any atom is 0.0829 e. The minimum Gasteiger partial charge on any atom is -0.374 e. The highest BCUT2D eigenvalue weighted by Gasteiger charge is 2.42. The van der Waals surface area contributed by atoms with E-state index >= 15 is 0 Å². The molecule has 0 spiro atoms. The second-order valence-corrected chi connectivity index (χ2v) is 4.07. The van der Waals surface area contributed by atoms with Gasteiger partial charge in [-0.2, -0.15) is 0 Å². The molecule has 1 aliphatic rings. The average molecular weight is 185 g/mol. The molecule has 0 heterocycles. The van der Waals surface area contributed by atoms with Crippen LogP contribution in [0, 0.1) is 5.92 Å². The first-order valence-corrected chi connectivity index (χ1v) is 5.59. The number of nitrogens with two attached hydrogens (primary N) is 1. The molecule has 2 nitrogen and oxygen atoms in total. The summed E-state index contributed by atoms with van der Waals surface area (Å²) in [5.74, 6) is 0.728. The SMILES string of the molecule is CCOC(CC)(CC)C(N)C1CC1. The molecule has 1 rings (SSSR count). The van der Waals surface area contributed by atoms with Gasteiger partial charge in [-0.05, 0) is 38.5 Å². The van der Waals surface area contributed by atoms with Gasteiger partial charge >= 0.3 is 0 Å². The molecule has 0 aromatic rings. The molecule has 0 saturated heterocycles. The molecule has 1 atom stereocenters. The van der Waals surface area contributed by atoms with Gasteiger partial charge in [-0.25, -0.2) is 0 Å². The first kappa shape index (κ1) is 11.0. The molecular formula is C11H23NO. The van der Waals surface area contributed by atoms with Gasteiger partial charge in [0.1, 0.15) is 0 Å². The first-order valence-electron chi connectivity index (χ1n) is 5.59. The van der Waals surface area contributed by atoms with Crippen molar-refractivity contribution < 1.29 is 4.74 Å². The van der Waals surface area contributed by atoms with Gasteiger partial charge in [0, 0.05) is 12.6 Å². The highest BCUT2D eigenvalue weighted by atomic mass is 16.5. The lowest BCUT2D eigenvalue weighted by atomic mass is 9.86. The van der Waals surface area contributed by atoms with Crippen LogP contribution >= 0.6 is 0 Å². The average Bonchev–Trinajstić information content (AvgIpc) is 2.96. The quantitative estimate of drug-likeness (QED) is 0.689. The van der Waals surface area contributed by atoms with Crippen molar-refractivity contribution in [2.24, 2.45) is 11.7 Å². The molecule has 13 heavy (non-hydrogen) atoms. The Balaban J connectivity index is 2.61. The van der Waals surface area contributed by atoms with Crippen LogP contribution in [-0.2, 0) is 4.74 Å². The van der Waals surface area contributed by atoms with E-state index in [0.29, 0.717) is 0 Å². The van der Waals surface area contributed by atoms with Crippen LogP contribution in [0.25, 0.3) is 0 Å². The van der Waals surface area contributed by atoms with Crippen molar-refractivity contribution >= 4 is 0 Å². The van der Waals surface area contributed by atoms with E-state index in [1.54, 1.807) is 0 Å². The third-order valence-corrected chi connectivity index (χ3v) is 3.37. The van der Waals surface area contributed by atoms with Gasteiger partial charge in [0.15, 0.2) is 0 Å². The van der Waals surface area contributed by atoms with Crippen LogP contribution in [-0.4, -0.2) is 18.2 Å². The summed E-state index contributed by atoms with van der Waals surface area (Å²) < 4.78 is 5.87. The van der Waals surface area contributed by atoms with Gasteiger partial charge in [0.2, 0.25) is 0 Å². The van der Waals surface area contributed by atoms with Crippen molar-refractivity contribution in [3.8, 4) is 0 Å². The Hall–Kier alpha value is -0.0800. The number of hydrogen-bond donors (Lipinski definition) is 1. The summed E-state index contributed by atoms with van der Waals surface area (Å²) in [6, 6.07) is 0.252. The Kier molecular flexibility index (Phi) is 3.74. The monoisotopic (exact) mass is 185 g/mol. The molecule has 1 aliphatic carbocycles. The van der Waals surface area contributed by atoms with Crippen LogP contribution in [0.5, 0.6) is 0 Å². The zero-order chi connectivity index (χ0) is 9.90. The lowest BCUT2D eigenvalue weighted by Gasteiger charge is -2.37. The van der Waals surface area contributed by atoms with Gasteiger partial charge < -0.3 is 10.5 Å².